The minimum Gasteiger partial charge on any atom is -0.468 e. The van der Waals surface area contributed by atoms with Gasteiger partial charge in [0.25, 0.3) is 0 Å². The maximum atomic E-state index is 13.3. The summed E-state index contributed by atoms with van der Waals surface area (Å²) in [6, 6.07) is 0. The number of amides is 4. The van der Waals surface area contributed by atoms with Crippen molar-refractivity contribution < 1.29 is 76.4 Å². The van der Waals surface area contributed by atoms with Crippen LogP contribution in [0.5, 0.6) is 0 Å². The maximum Gasteiger partial charge on any atom is 0.332 e. The Bertz CT molecular complexity index is 2390. The molecule has 6 aliphatic heterocycles. The number of imide groups is 2. The van der Waals surface area contributed by atoms with Crippen LogP contribution in [-0.4, -0.2) is 155 Å². The number of nitrogens with zero attached hydrogens (tertiary/aromatic N) is 10. The van der Waals surface area contributed by atoms with Gasteiger partial charge in [-0.3, -0.25) is 48.2 Å². The molecule has 4 saturated heterocycles. The summed E-state index contributed by atoms with van der Waals surface area (Å²) in [4.78, 5) is 152. The lowest BCUT2D eigenvalue weighted by molar-refractivity contribution is -0.171. The lowest BCUT2D eigenvalue weighted by atomic mass is 9.82. The standard InChI is InChI=1S/2C21H22ClN5O8/c2*1-4-35-14(30)7-8-25-17-15(16(22)23-10-24-17)27-11(26-12(28)5-6-13(26)29)9-21(18(25)27,19(31)33-2)20(32)34-3/h2*7-8,10-11,18H,4-6,9H2,1-3H3/b2*8-7+/t2*11-,18-/m11/s1. The van der Waals surface area contributed by atoms with Crippen LogP contribution in [0.1, 0.15) is 52.4 Å². The van der Waals surface area contributed by atoms with Crippen molar-refractivity contribution in [2.24, 2.45) is 10.8 Å². The fourth-order valence-electron chi connectivity index (χ4n) is 9.72. The van der Waals surface area contributed by atoms with Gasteiger partial charge in [-0.1, -0.05) is 23.2 Å². The van der Waals surface area contributed by atoms with Gasteiger partial charge in [0, 0.05) is 63.1 Å². The summed E-state index contributed by atoms with van der Waals surface area (Å²) < 4.78 is 29.9. The molecule has 0 aliphatic carbocycles. The normalized spacial score (nSPS) is 22.5. The summed E-state index contributed by atoms with van der Waals surface area (Å²) in [5.41, 5.74) is -3.78. The SMILES string of the molecule is CCOC(=O)/C=C/N1c2ncnc(Cl)c2N2[C@@H](N3C(=O)CCC3=O)CC(C(=O)OC)(C(=O)OC)[C@H]12.CCOC(=O)/C=C/N1c2ncnc(Cl)c2N2[C@@H](N3C(=O)CCC3=O)CC(C(=O)OC)(C(=O)OC)[C@H]12. The Balaban J connectivity index is 0.000000206. The molecule has 2 aromatic rings. The zero-order valence-corrected chi connectivity index (χ0v) is 39.7. The molecule has 70 heavy (non-hydrogen) atoms. The quantitative estimate of drug-likeness (QED) is 0.0707. The second-order valence-corrected chi connectivity index (χ2v) is 16.5. The predicted molar refractivity (Wildman–Crippen MR) is 235 cm³/mol. The number of halogens is 2. The minimum absolute atomic E-state index is 0.0182. The molecule has 2 aromatic heterocycles. The Morgan fingerprint density at radius 1 is 0.571 bits per heavy atom. The number of fused-ring (bicyclic) bond motifs is 6. The third-order valence-electron chi connectivity index (χ3n) is 12.4. The molecular weight excluding hydrogens is 971 g/mol. The number of aromatic nitrogens is 4. The van der Waals surface area contributed by atoms with Crippen LogP contribution in [0.2, 0.25) is 10.3 Å². The lowest BCUT2D eigenvalue weighted by Gasteiger charge is -2.35. The van der Waals surface area contributed by atoms with Crippen LogP contribution in [0.3, 0.4) is 0 Å². The summed E-state index contributed by atoms with van der Waals surface area (Å²) in [6.07, 6.45) is 1.56. The third-order valence-corrected chi connectivity index (χ3v) is 13.0. The highest BCUT2D eigenvalue weighted by molar-refractivity contribution is 6.33. The van der Waals surface area contributed by atoms with Crippen LogP contribution in [-0.2, 0) is 76.4 Å². The van der Waals surface area contributed by atoms with E-state index in [1.54, 1.807) is 13.8 Å². The molecule has 8 heterocycles. The van der Waals surface area contributed by atoms with Crippen molar-refractivity contribution in [3.8, 4) is 0 Å². The number of carbonyl (C=O) groups excluding carboxylic acids is 10. The smallest absolute Gasteiger partial charge is 0.332 e. The molecule has 0 bridgehead atoms. The third kappa shape index (κ3) is 7.92. The van der Waals surface area contributed by atoms with Gasteiger partial charge in [-0.2, -0.15) is 0 Å². The zero-order chi connectivity index (χ0) is 51.0. The van der Waals surface area contributed by atoms with E-state index in [9.17, 15) is 47.9 Å². The predicted octanol–water partition coefficient (Wildman–Crippen LogP) is 0.741. The van der Waals surface area contributed by atoms with E-state index in [0.29, 0.717) is 0 Å². The molecule has 0 spiro atoms. The van der Waals surface area contributed by atoms with Gasteiger partial charge in [-0.15, -0.1) is 0 Å². The van der Waals surface area contributed by atoms with E-state index in [0.717, 1.165) is 63.0 Å². The van der Waals surface area contributed by atoms with Crippen molar-refractivity contribution in [3.63, 3.8) is 0 Å². The van der Waals surface area contributed by atoms with Gasteiger partial charge in [-0.05, 0) is 13.8 Å². The van der Waals surface area contributed by atoms with E-state index in [-0.39, 0.29) is 85.1 Å². The molecule has 0 radical (unpaired) electrons. The van der Waals surface area contributed by atoms with Crippen molar-refractivity contribution in [2.75, 3.05) is 61.3 Å². The maximum absolute atomic E-state index is 13.3. The molecule has 4 fully saturated rings. The Morgan fingerprint density at radius 2 is 0.886 bits per heavy atom. The molecule has 8 rings (SSSR count). The van der Waals surface area contributed by atoms with Crippen LogP contribution >= 0.6 is 23.2 Å². The second kappa shape index (κ2) is 19.9. The molecular formula is C42H44Cl2N10O16. The van der Waals surface area contributed by atoms with Gasteiger partial charge in [0.05, 0.1) is 41.7 Å². The number of likely N-dealkylation sites (tertiary alicyclic amines) is 2. The molecule has 372 valence electrons. The summed E-state index contributed by atoms with van der Waals surface area (Å²) in [5, 5.41) is -0.108. The summed E-state index contributed by atoms with van der Waals surface area (Å²) in [5.74, 6) is -6.85. The Kier molecular flexibility index (Phi) is 14.3. The van der Waals surface area contributed by atoms with E-state index >= 15 is 0 Å². The first-order chi connectivity index (χ1) is 33.4. The number of hydrogen-bond acceptors (Lipinski definition) is 24. The van der Waals surface area contributed by atoms with E-state index in [1.165, 1.54) is 32.0 Å². The number of esters is 6. The second-order valence-electron chi connectivity index (χ2n) is 15.8. The van der Waals surface area contributed by atoms with Crippen molar-refractivity contribution in [1.29, 1.82) is 0 Å². The molecule has 6 aliphatic rings. The molecule has 26 nitrogen and oxygen atoms in total. The van der Waals surface area contributed by atoms with Crippen LogP contribution in [0.4, 0.5) is 23.0 Å². The summed E-state index contributed by atoms with van der Waals surface area (Å²) in [6.45, 7) is 3.52. The molecule has 0 unspecified atom stereocenters. The first-order valence-corrected chi connectivity index (χ1v) is 22.1. The summed E-state index contributed by atoms with van der Waals surface area (Å²) >= 11 is 12.8. The van der Waals surface area contributed by atoms with Gasteiger partial charge in [-0.25, -0.2) is 29.5 Å². The van der Waals surface area contributed by atoms with Gasteiger partial charge >= 0.3 is 35.8 Å². The van der Waals surface area contributed by atoms with E-state index in [1.807, 2.05) is 0 Å². The topological polar surface area (TPSA) is 297 Å². The highest BCUT2D eigenvalue weighted by Crippen LogP contribution is 2.58. The van der Waals surface area contributed by atoms with Crippen molar-refractivity contribution in [2.45, 2.75) is 77.0 Å². The molecule has 0 aromatic carbocycles. The van der Waals surface area contributed by atoms with Gasteiger partial charge in [0.2, 0.25) is 34.5 Å². The van der Waals surface area contributed by atoms with Gasteiger partial charge in [0.15, 0.2) is 21.9 Å². The molecule has 0 saturated carbocycles. The average Bonchev–Trinajstić information content (AvgIpc) is 4.19. The molecule has 28 heteroatoms. The number of hydrogen-bond donors (Lipinski definition) is 0. The zero-order valence-electron chi connectivity index (χ0n) is 38.2. The Labute approximate surface area is 407 Å². The number of anilines is 4. The number of rotatable bonds is 12. The molecule has 0 N–H and O–H groups in total. The van der Waals surface area contributed by atoms with Gasteiger partial charge < -0.3 is 48.0 Å². The largest absolute Gasteiger partial charge is 0.468 e. The van der Waals surface area contributed by atoms with Crippen molar-refractivity contribution in [1.82, 2.24) is 29.7 Å². The fraction of sp³-hybridized carbons (Fsp3) is 0.476. The monoisotopic (exact) mass is 1010 g/mol. The van der Waals surface area contributed by atoms with Crippen LogP contribution in [0.15, 0.2) is 37.2 Å². The first kappa shape index (κ1) is 50.4. The number of methoxy groups -OCH3 is 4. The van der Waals surface area contributed by atoms with Crippen molar-refractivity contribution in [3.05, 3.63) is 47.5 Å². The lowest BCUT2D eigenvalue weighted by Crippen LogP contribution is -2.56. The molecule has 4 atom stereocenters. The van der Waals surface area contributed by atoms with E-state index in [4.69, 9.17) is 51.6 Å². The van der Waals surface area contributed by atoms with E-state index in [2.05, 4.69) is 19.9 Å². The highest BCUT2D eigenvalue weighted by Gasteiger charge is 2.72. The fourth-order valence-corrected chi connectivity index (χ4v) is 10.2. The first-order valence-electron chi connectivity index (χ1n) is 21.3. The Morgan fingerprint density at radius 3 is 1.17 bits per heavy atom. The van der Waals surface area contributed by atoms with E-state index < -0.39 is 94.9 Å². The van der Waals surface area contributed by atoms with Crippen LogP contribution < -0.4 is 19.6 Å². The average molecular weight is 1020 g/mol. The van der Waals surface area contributed by atoms with Crippen LogP contribution in [0.25, 0.3) is 0 Å². The number of carbonyl (C=O) groups is 10. The Hall–Kier alpha value is -7.48. The van der Waals surface area contributed by atoms with Crippen molar-refractivity contribution >= 4 is 106 Å². The minimum atomic E-state index is -2.06. The summed E-state index contributed by atoms with van der Waals surface area (Å²) in [7, 11) is 4.41. The van der Waals surface area contributed by atoms with Gasteiger partial charge in [0.1, 0.15) is 48.7 Å². The number of ether oxygens (including phenoxy) is 6. The molecule has 4 amide bonds. The van der Waals surface area contributed by atoms with Crippen LogP contribution in [0, 0.1) is 10.8 Å². The highest BCUT2D eigenvalue weighted by atomic mass is 35.5.